The van der Waals surface area contributed by atoms with Gasteiger partial charge in [0.1, 0.15) is 34.9 Å². The Morgan fingerprint density at radius 2 is 0.582 bits per heavy atom. The molecule has 3 aliphatic heterocycles. The molecule has 0 atom stereocenters. The molecule has 0 N–H and O–H groups in total. The van der Waals surface area contributed by atoms with Crippen molar-refractivity contribution in [1.29, 1.82) is 0 Å². The molecule has 357 valence electrons. The summed E-state index contributed by atoms with van der Waals surface area (Å²) >= 11 is 0. The van der Waals surface area contributed by atoms with E-state index in [1.807, 2.05) is 69.3 Å². The first-order valence-corrected chi connectivity index (χ1v) is 23.3. The van der Waals surface area contributed by atoms with Gasteiger partial charge in [-0.15, -0.1) is 0 Å². The first-order valence-electron chi connectivity index (χ1n) is 23.3. The first-order chi connectivity index (χ1) is 32.1. The van der Waals surface area contributed by atoms with Gasteiger partial charge in [-0.25, -0.2) is 26.3 Å². The molecule has 3 aliphatic rings. The molecule has 3 heterocycles. The monoisotopic (exact) mass is 1100 g/mol. The second-order valence-electron chi connectivity index (χ2n) is 16.9. The first kappa shape index (κ1) is 50.8. The van der Waals surface area contributed by atoms with E-state index in [1.54, 1.807) is 0 Å². The molecule has 9 rings (SSSR count). The third kappa shape index (κ3) is 12.3. The van der Waals surface area contributed by atoms with E-state index in [0.717, 1.165) is 91.2 Å². The number of para-hydroxylation sites is 6. The third-order valence-electron chi connectivity index (χ3n) is 12.2. The van der Waals surface area contributed by atoms with Gasteiger partial charge in [-0.3, -0.25) is 0 Å². The average Bonchev–Trinajstić information content (AvgIpc) is 3.99. The second-order valence-corrected chi connectivity index (χ2v) is 16.9. The van der Waals surface area contributed by atoms with Crippen molar-refractivity contribution in [3.8, 4) is 0 Å². The molecule has 0 bridgehead atoms. The molecular formula is C54H60F6IrN6. The van der Waals surface area contributed by atoms with Crippen molar-refractivity contribution in [3.63, 3.8) is 0 Å². The Morgan fingerprint density at radius 1 is 0.328 bits per heavy atom. The Kier molecular flexibility index (Phi) is 18.5. The van der Waals surface area contributed by atoms with Gasteiger partial charge in [0.2, 0.25) is 0 Å². The Labute approximate surface area is 405 Å². The zero-order valence-electron chi connectivity index (χ0n) is 38.5. The molecule has 1 radical (unpaired) electrons. The Balaban J connectivity index is 0.000000165. The smallest absolute Gasteiger partial charge is 0.149 e. The summed E-state index contributed by atoms with van der Waals surface area (Å²) in [4.78, 5) is 12.5. The molecular weight excluding hydrogens is 1040 g/mol. The van der Waals surface area contributed by atoms with E-state index in [-0.39, 0.29) is 20.1 Å². The molecule has 6 aromatic rings. The fraction of sp³-hybridized carbons (Fsp3) is 0.333. The zero-order chi connectivity index (χ0) is 46.6. The van der Waals surface area contributed by atoms with Crippen molar-refractivity contribution < 1.29 is 46.4 Å². The van der Waals surface area contributed by atoms with E-state index in [0.29, 0.717) is 37.1 Å². The normalized spacial score (nSPS) is 13.4. The van der Waals surface area contributed by atoms with Crippen molar-refractivity contribution >= 4 is 51.2 Å². The SMILES string of the molecule is CCCCCN1CN(c2ccc(F)cc2F)c2ccccc21.CCCCCN1CN(c2ccc(F)cc2F)c2ccccc21.CCCCCN1CN(c2ccc(F)cc2F)c2ccccc21.[Ir]. The quantitative estimate of drug-likeness (QED) is 0.0749. The molecule has 67 heavy (non-hydrogen) atoms. The van der Waals surface area contributed by atoms with E-state index in [9.17, 15) is 26.3 Å². The summed E-state index contributed by atoms with van der Waals surface area (Å²) in [5, 5.41) is 0. The largest absolute Gasteiger partial charge is 0.352 e. The predicted octanol–water partition coefficient (Wildman–Crippen LogP) is 15.2. The minimum atomic E-state index is -0.548. The number of anilines is 9. The number of hydrogen-bond donors (Lipinski definition) is 0. The van der Waals surface area contributed by atoms with Gasteiger partial charge in [0.05, 0.1) is 71.2 Å². The van der Waals surface area contributed by atoms with Crippen molar-refractivity contribution in [2.24, 2.45) is 0 Å². The number of unbranched alkanes of at least 4 members (excludes halogenated alkanes) is 6. The molecule has 6 aromatic carbocycles. The van der Waals surface area contributed by atoms with E-state index >= 15 is 0 Å². The van der Waals surface area contributed by atoms with Gasteiger partial charge in [0, 0.05) is 57.9 Å². The van der Waals surface area contributed by atoms with Crippen LogP contribution in [0.3, 0.4) is 0 Å². The fourth-order valence-corrected chi connectivity index (χ4v) is 8.80. The van der Waals surface area contributed by atoms with Crippen LogP contribution >= 0.6 is 0 Å². The molecule has 0 spiro atoms. The number of halogens is 6. The molecule has 0 saturated heterocycles. The molecule has 0 unspecified atom stereocenters. The molecule has 0 aromatic heterocycles. The number of fused-ring (bicyclic) bond motifs is 3. The van der Waals surface area contributed by atoms with Crippen LogP contribution in [0.2, 0.25) is 0 Å². The van der Waals surface area contributed by atoms with Crippen molar-refractivity contribution in [1.82, 2.24) is 0 Å². The standard InChI is InChI=1S/3C18H20F2N2.Ir/c3*1-2-3-6-11-21-13-22(18-8-5-4-7-17(18)21)16-10-9-14(19)12-15(16)20;/h3*4-5,7-10,12H,2-3,6,11,13H2,1H3;. The fourth-order valence-electron chi connectivity index (χ4n) is 8.80. The molecule has 0 amide bonds. The summed E-state index contributed by atoms with van der Waals surface area (Å²) in [6.45, 7) is 11.2. The molecule has 0 fully saturated rings. The average molecular weight is 1100 g/mol. The van der Waals surface area contributed by atoms with Gasteiger partial charge in [0.15, 0.2) is 0 Å². The van der Waals surface area contributed by atoms with Crippen molar-refractivity contribution in [2.45, 2.75) is 78.6 Å². The molecule has 6 nitrogen and oxygen atoms in total. The summed E-state index contributed by atoms with van der Waals surface area (Å²) in [6, 6.07) is 35.2. The van der Waals surface area contributed by atoms with Crippen LogP contribution in [-0.2, 0) is 20.1 Å². The van der Waals surface area contributed by atoms with Crippen molar-refractivity contribution in [2.75, 3.05) is 69.0 Å². The maximum atomic E-state index is 14.1. The zero-order valence-corrected chi connectivity index (χ0v) is 40.9. The Bertz CT molecular complexity index is 2250. The Morgan fingerprint density at radius 3 is 0.821 bits per heavy atom. The number of benzene rings is 6. The molecule has 13 heteroatoms. The van der Waals surface area contributed by atoms with Crippen molar-refractivity contribution in [3.05, 3.63) is 162 Å². The number of hydrogen-bond acceptors (Lipinski definition) is 6. The summed E-state index contributed by atoms with van der Waals surface area (Å²) in [6.07, 6.45) is 10.4. The van der Waals surface area contributed by atoms with Gasteiger partial charge in [-0.05, 0) is 92.1 Å². The summed E-state index contributed by atoms with van der Waals surface area (Å²) in [5.41, 5.74) is 7.54. The minimum absolute atomic E-state index is 0. The summed E-state index contributed by atoms with van der Waals surface area (Å²) < 4.78 is 81.8. The number of nitrogens with zero attached hydrogens (tertiary/aromatic N) is 6. The Hall–Kier alpha value is -5.65. The van der Waals surface area contributed by atoms with Crippen LogP contribution in [-0.4, -0.2) is 39.6 Å². The summed E-state index contributed by atoms with van der Waals surface area (Å²) in [7, 11) is 0. The van der Waals surface area contributed by atoms with Crippen LogP contribution in [0.15, 0.2) is 127 Å². The van der Waals surface area contributed by atoms with Crippen LogP contribution in [0.5, 0.6) is 0 Å². The van der Waals surface area contributed by atoms with Gasteiger partial charge in [0.25, 0.3) is 0 Å². The molecule has 0 saturated carbocycles. The van der Waals surface area contributed by atoms with Gasteiger partial charge < -0.3 is 29.4 Å². The van der Waals surface area contributed by atoms with E-state index in [4.69, 9.17) is 0 Å². The van der Waals surface area contributed by atoms with E-state index < -0.39 is 34.9 Å². The second kappa shape index (κ2) is 24.4. The van der Waals surface area contributed by atoms with Crippen LogP contribution in [0, 0.1) is 34.9 Å². The predicted molar refractivity (Wildman–Crippen MR) is 260 cm³/mol. The van der Waals surface area contributed by atoms with Crippen LogP contribution < -0.4 is 29.4 Å². The maximum absolute atomic E-state index is 14.1. The van der Waals surface area contributed by atoms with Gasteiger partial charge >= 0.3 is 0 Å². The van der Waals surface area contributed by atoms with Gasteiger partial charge in [-0.1, -0.05) is 95.7 Å². The minimum Gasteiger partial charge on any atom is -0.352 e. The maximum Gasteiger partial charge on any atom is 0.149 e. The van der Waals surface area contributed by atoms with E-state index in [1.165, 1.54) is 74.9 Å². The molecule has 0 aliphatic carbocycles. The van der Waals surface area contributed by atoms with E-state index in [2.05, 4.69) is 53.7 Å². The van der Waals surface area contributed by atoms with Crippen LogP contribution in [0.1, 0.15) is 78.6 Å². The van der Waals surface area contributed by atoms with Gasteiger partial charge in [-0.2, -0.15) is 0 Å². The number of rotatable bonds is 15. The van der Waals surface area contributed by atoms with Crippen LogP contribution in [0.25, 0.3) is 0 Å². The van der Waals surface area contributed by atoms with Crippen LogP contribution in [0.4, 0.5) is 77.5 Å². The third-order valence-corrected chi connectivity index (χ3v) is 12.2. The summed E-state index contributed by atoms with van der Waals surface area (Å²) in [5.74, 6) is -3.21. The topological polar surface area (TPSA) is 19.4 Å².